The van der Waals surface area contributed by atoms with Gasteiger partial charge in [-0.15, -0.1) is 0 Å². The van der Waals surface area contributed by atoms with Gasteiger partial charge in [-0.2, -0.15) is 0 Å². The van der Waals surface area contributed by atoms with Crippen molar-refractivity contribution >= 4 is 0 Å². The standard InChI is InChI=1S/C22H42O2/c1-13-9-15(10-14(2)19(13)23)16-11-17(21(3,4)5)20(24)18(12-16)22(6,7)8/h13-20,23-24H,9-12H2,1-8H3. The molecule has 2 aliphatic carbocycles. The lowest BCUT2D eigenvalue weighted by Gasteiger charge is -2.52. The molecule has 0 aliphatic heterocycles. The van der Waals surface area contributed by atoms with Gasteiger partial charge in [0.05, 0.1) is 12.2 Å². The van der Waals surface area contributed by atoms with Gasteiger partial charge in [0.2, 0.25) is 0 Å². The second-order valence-corrected chi connectivity index (χ2v) is 11.3. The lowest BCUT2D eigenvalue weighted by molar-refractivity contribution is -0.102. The molecule has 2 fully saturated rings. The zero-order valence-corrected chi connectivity index (χ0v) is 17.3. The van der Waals surface area contributed by atoms with Crippen molar-refractivity contribution in [3.05, 3.63) is 0 Å². The van der Waals surface area contributed by atoms with Crippen LogP contribution in [0.5, 0.6) is 0 Å². The third kappa shape index (κ3) is 4.18. The summed E-state index contributed by atoms with van der Waals surface area (Å²) in [6.07, 6.45) is 4.28. The van der Waals surface area contributed by atoms with Crippen molar-refractivity contribution in [3.8, 4) is 0 Å². The molecule has 2 rings (SSSR count). The van der Waals surface area contributed by atoms with Gasteiger partial charge in [0, 0.05) is 0 Å². The summed E-state index contributed by atoms with van der Waals surface area (Å²) in [5, 5.41) is 21.4. The maximum atomic E-state index is 11.1. The summed E-state index contributed by atoms with van der Waals surface area (Å²) >= 11 is 0. The first-order chi connectivity index (χ1) is 10.8. The Balaban J connectivity index is 2.23. The minimum absolute atomic E-state index is 0.132. The van der Waals surface area contributed by atoms with E-state index in [-0.39, 0.29) is 23.0 Å². The molecule has 0 aromatic rings. The van der Waals surface area contributed by atoms with Crippen LogP contribution in [0.25, 0.3) is 0 Å². The van der Waals surface area contributed by atoms with Crippen molar-refractivity contribution < 1.29 is 10.2 Å². The largest absolute Gasteiger partial charge is 0.393 e. The van der Waals surface area contributed by atoms with Crippen LogP contribution in [0.4, 0.5) is 0 Å². The molecule has 0 radical (unpaired) electrons. The van der Waals surface area contributed by atoms with Crippen LogP contribution < -0.4 is 0 Å². The Morgan fingerprint density at radius 2 is 0.917 bits per heavy atom. The van der Waals surface area contributed by atoms with Crippen LogP contribution in [0.3, 0.4) is 0 Å². The smallest absolute Gasteiger partial charge is 0.0606 e. The van der Waals surface area contributed by atoms with Gasteiger partial charge in [-0.3, -0.25) is 0 Å². The minimum Gasteiger partial charge on any atom is -0.393 e. The summed E-state index contributed by atoms with van der Waals surface area (Å²) in [6, 6.07) is 0. The highest BCUT2D eigenvalue weighted by Crippen LogP contribution is 2.52. The van der Waals surface area contributed by atoms with Crippen LogP contribution in [0, 0.1) is 46.3 Å². The summed E-state index contributed by atoms with van der Waals surface area (Å²) in [4.78, 5) is 0. The van der Waals surface area contributed by atoms with E-state index >= 15 is 0 Å². The number of aliphatic hydroxyl groups is 2. The van der Waals surface area contributed by atoms with Gasteiger partial charge < -0.3 is 10.2 Å². The average Bonchev–Trinajstić information content (AvgIpc) is 2.41. The molecule has 4 atom stereocenters. The van der Waals surface area contributed by atoms with Crippen molar-refractivity contribution in [1.82, 2.24) is 0 Å². The van der Waals surface area contributed by atoms with E-state index in [1.54, 1.807) is 0 Å². The van der Waals surface area contributed by atoms with E-state index < -0.39 is 0 Å². The Labute approximate surface area is 150 Å². The lowest BCUT2D eigenvalue weighted by atomic mass is 9.55. The molecule has 0 bridgehead atoms. The van der Waals surface area contributed by atoms with Gasteiger partial charge in [0.1, 0.15) is 0 Å². The molecule has 24 heavy (non-hydrogen) atoms. The van der Waals surface area contributed by atoms with Gasteiger partial charge in [-0.1, -0.05) is 55.4 Å². The van der Waals surface area contributed by atoms with Crippen LogP contribution >= 0.6 is 0 Å². The van der Waals surface area contributed by atoms with Gasteiger partial charge in [0.25, 0.3) is 0 Å². The molecule has 0 saturated heterocycles. The second kappa shape index (κ2) is 6.91. The number of aliphatic hydroxyl groups excluding tert-OH is 2. The Kier molecular flexibility index (Phi) is 5.83. The zero-order valence-electron chi connectivity index (χ0n) is 17.3. The third-order valence-electron chi connectivity index (χ3n) is 7.34. The van der Waals surface area contributed by atoms with Crippen molar-refractivity contribution in [2.24, 2.45) is 46.3 Å². The zero-order chi connectivity index (χ0) is 18.4. The molecule has 0 amide bonds. The topological polar surface area (TPSA) is 40.5 Å². The second-order valence-electron chi connectivity index (χ2n) is 11.3. The first-order valence-electron chi connectivity index (χ1n) is 10.2. The van der Waals surface area contributed by atoms with Crippen molar-refractivity contribution in [2.45, 2.75) is 93.3 Å². The fraction of sp³-hybridized carbons (Fsp3) is 1.00. The first kappa shape index (κ1) is 20.2. The highest BCUT2D eigenvalue weighted by atomic mass is 16.3. The highest BCUT2D eigenvalue weighted by Gasteiger charge is 2.48. The van der Waals surface area contributed by atoms with Crippen LogP contribution in [-0.2, 0) is 0 Å². The molecule has 2 saturated carbocycles. The van der Waals surface area contributed by atoms with E-state index in [2.05, 4.69) is 55.4 Å². The van der Waals surface area contributed by atoms with Crippen molar-refractivity contribution in [1.29, 1.82) is 0 Å². The van der Waals surface area contributed by atoms with Gasteiger partial charge in [-0.05, 0) is 72.0 Å². The molecule has 2 nitrogen and oxygen atoms in total. The monoisotopic (exact) mass is 338 g/mol. The molecule has 2 N–H and O–H groups in total. The molecule has 4 unspecified atom stereocenters. The third-order valence-corrected chi connectivity index (χ3v) is 7.34. The number of hydrogen-bond donors (Lipinski definition) is 2. The predicted octanol–water partition coefficient (Wildman–Crippen LogP) is 5.13. The Morgan fingerprint density at radius 1 is 0.583 bits per heavy atom. The average molecular weight is 339 g/mol. The number of rotatable bonds is 1. The van der Waals surface area contributed by atoms with E-state index in [4.69, 9.17) is 0 Å². The SMILES string of the molecule is CC1CC(C2CC(C(C)(C)C)C(O)C(C(C)(C)C)C2)CC(C)C1O. The maximum absolute atomic E-state index is 11.1. The molecule has 0 spiro atoms. The number of hydrogen-bond acceptors (Lipinski definition) is 2. The Morgan fingerprint density at radius 3 is 1.25 bits per heavy atom. The van der Waals surface area contributed by atoms with E-state index in [1.807, 2.05) is 0 Å². The summed E-state index contributed by atoms with van der Waals surface area (Å²) in [6.45, 7) is 18.2. The minimum atomic E-state index is -0.190. The maximum Gasteiger partial charge on any atom is 0.0606 e. The van der Waals surface area contributed by atoms with E-state index in [9.17, 15) is 10.2 Å². The quantitative estimate of drug-likeness (QED) is 0.696. The Hall–Kier alpha value is -0.0800. The van der Waals surface area contributed by atoms with E-state index in [0.717, 1.165) is 25.7 Å². The van der Waals surface area contributed by atoms with Crippen LogP contribution in [0.15, 0.2) is 0 Å². The van der Waals surface area contributed by atoms with E-state index in [1.165, 1.54) is 0 Å². The molecule has 2 aliphatic rings. The highest BCUT2D eigenvalue weighted by molar-refractivity contribution is 4.98. The fourth-order valence-corrected chi connectivity index (χ4v) is 5.70. The molecule has 0 aromatic carbocycles. The van der Waals surface area contributed by atoms with Crippen LogP contribution in [-0.4, -0.2) is 22.4 Å². The summed E-state index contributed by atoms with van der Waals surface area (Å²) in [5.74, 6) is 2.97. The predicted molar refractivity (Wildman–Crippen MR) is 102 cm³/mol. The van der Waals surface area contributed by atoms with Crippen molar-refractivity contribution in [3.63, 3.8) is 0 Å². The lowest BCUT2D eigenvalue weighted by Crippen LogP contribution is -2.50. The van der Waals surface area contributed by atoms with Gasteiger partial charge >= 0.3 is 0 Å². The van der Waals surface area contributed by atoms with Crippen LogP contribution in [0.1, 0.15) is 81.1 Å². The molecular formula is C22H42O2. The summed E-state index contributed by atoms with van der Waals surface area (Å²) in [7, 11) is 0. The first-order valence-corrected chi connectivity index (χ1v) is 10.2. The van der Waals surface area contributed by atoms with Crippen molar-refractivity contribution in [2.75, 3.05) is 0 Å². The summed E-state index contributed by atoms with van der Waals surface area (Å²) in [5.41, 5.74) is 0.292. The molecular weight excluding hydrogens is 296 g/mol. The molecule has 0 aromatic heterocycles. The van der Waals surface area contributed by atoms with Crippen LogP contribution in [0.2, 0.25) is 0 Å². The van der Waals surface area contributed by atoms with Gasteiger partial charge in [-0.25, -0.2) is 0 Å². The normalized spacial score (nSPS) is 45.2. The molecule has 2 heteroatoms. The molecule has 0 heterocycles. The molecule has 142 valence electrons. The van der Waals surface area contributed by atoms with Gasteiger partial charge in [0.15, 0.2) is 0 Å². The fourth-order valence-electron chi connectivity index (χ4n) is 5.70. The summed E-state index contributed by atoms with van der Waals surface area (Å²) < 4.78 is 0. The van der Waals surface area contributed by atoms with E-state index in [0.29, 0.717) is 35.5 Å². The Bertz CT molecular complexity index is 381.